The minimum Gasteiger partial charge on any atom is -0.496 e. The summed E-state index contributed by atoms with van der Waals surface area (Å²) in [5.41, 5.74) is 3.64. The summed E-state index contributed by atoms with van der Waals surface area (Å²) in [7, 11) is 1.76. The predicted molar refractivity (Wildman–Crippen MR) is 96.3 cm³/mol. The van der Waals surface area contributed by atoms with Crippen molar-refractivity contribution in [3.63, 3.8) is 0 Å². The molecule has 0 aliphatic carbocycles. The molecule has 0 saturated carbocycles. The summed E-state index contributed by atoms with van der Waals surface area (Å²) < 4.78 is 5.63. The minimum absolute atomic E-state index is 0.513. The highest BCUT2D eigenvalue weighted by Gasteiger charge is 2.34. The smallest absolute Gasteiger partial charge is 0.122 e. The van der Waals surface area contributed by atoms with Crippen LogP contribution >= 0.6 is 0 Å². The van der Waals surface area contributed by atoms with Gasteiger partial charge >= 0.3 is 0 Å². The number of pyridine rings is 1. The molecule has 3 heterocycles. The van der Waals surface area contributed by atoms with Gasteiger partial charge in [0, 0.05) is 43.1 Å². The highest BCUT2D eigenvalue weighted by molar-refractivity contribution is 5.64. The average Bonchev–Trinajstić information content (AvgIpc) is 3.12. The Balaban J connectivity index is 1.61. The largest absolute Gasteiger partial charge is 0.496 e. The maximum absolute atomic E-state index is 5.63. The fourth-order valence-electron chi connectivity index (χ4n) is 4.21. The zero-order valence-electron chi connectivity index (χ0n) is 14.2. The van der Waals surface area contributed by atoms with Gasteiger partial charge < -0.3 is 10.1 Å². The molecular weight excluding hydrogens is 298 g/mol. The molecule has 2 saturated heterocycles. The van der Waals surface area contributed by atoms with Crippen LogP contribution in [0.15, 0.2) is 42.7 Å². The Bertz CT molecular complexity index is 689. The van der Waals surface area contributed by atoms with Gasteiger partial charge in [-0.25, -0.2) is 0 Å². The van der Waals surface area contributed by atoms with E-state index in [2.05, 4.69) is 39.5 Å². The molecule has 2 aliphatic rings. The van der Waals surface area contributed by atoms with Crippen molar-refractivity contribution in [3.05, 3.63) is 48.3 Å². The second-order valence-corrected chi connectivity index (χ2v) is 6.78. The van der Waals surface area contributed by atoms with Gasteiger partial charge in [0.25, 0.3) is 0 Å². The number of aromatic nitrogens is 1. The maximum Gasteiger partial charge on any atom is 0.122 e. The molecule has 2 aliphatic heterocycles. The number of fused-ring (bicyclic) bond motifs is 1. The number of benzene rings is 1. The Morgan fingerprint density at radius 2 is 2.21 bits per heavy atom. The Labute approximate surface area is 143 Å². The van der Waals surface area contributed by atoms with Gasteiger partial charge in [-0.2, -0.15) is 0 Å². The quantitative estimate of drug-likeness (QED) is 0.939. The lowest BCUT2D eigenvalue weighted by Crippen LogP contribution is -2.55. The number of rotatable bonds is 4. The van der Waals surface area contributed by atoms with Crippen molar-refractivity contribution in [1.82, 2.24) is 15.2 Å². The average molecular weight is 323 g/mol. The number of ether oxygens (including phenoxy) is 1. The zero-order valence-corrected chi connectivity index (χ0v) is 14.2. The van der Waals surface area contributed by atoms with Gasteiger partial charge in [-0.05, 0) is 55.1 Å². The number of nitrogens with one attached hydrogen (secondary N) is 1. The molecule has 0 radical (unpaired) electrons. The van der Waals surface area contributed by atoms with Crippen LogP contribution < -0.4 is 10.1 Å². The summed E-state index contributed by atoms with van der Waals surface area (Å²) in [6.07, 6.45) is 7.38. The highest BCUT2D eigenvalue weighted by atomic mass is 16.5. The third-order valence-electron chi connectivity index (χ3n) is 5.40. The second-order valence-electron chi connectivity index (χ2n) is 6.78. The molecule has 0 bridgehead atoms. The first kappa shape index (κ1) is 15.6. The van der Waals surface area contributed by atoms with Crippen LogP contribution in [0.2, 0.25) is 0 Å². The fraction of sp³-hybridized carbons (Fsp3) is 0.450. The lowest BCUT2D eigenvalue weighted by Gasteiger charge is -2.38. The lowest BCUT2D eigenvalue weighted by atomic mass is 9.93. The van der Waals surface area contributed by atoms with Crippen LogP contribution in [-0.4, -0.2) is 48.7 Å². The van der Waals surface area contributed by atoms with Crippen molar-refractivity contribution >= 4 is 0 Å². The molecule has 0 spiro atoms. The minimum atomic E-state index is 0.513. The monoisotopic (exact) mass is 323 g/mol. The number of nitrogens with zero attached hydrogens (tertiary/aromatic N) is 2. The van der Waals surface area contributed by atoms with Crippen molar-refractivity contribution in [1.29, 1.82) is 0 Å². The molecule has 4 nitrogen and oxygen atoms in total. The van der Waals surface area contributed by atoms with Gasteiger partial charge in [0.2, 0.25) is 0 Å². The molecule has 1 N–H and O–H groups in total. The van der Waals surface area contributed by atoms with E-state index in [1.807, 2.05) is 18.5 Å². The molecule has 4 heteroatoms. The van der Waals surface area contributed by atoms with Crippen LogP contribution in [0.1, 0.15) is 18.4 Å². The van der Waals surface area contributed by atoms with Gasteiger partial charge in [0.1, 0.15) is 5.75 Å². The van der Waals surface area contributed by atoms with Crippen LogP contribution in [-0.2, 0) is 6.42 Å². The van der Waals surface area contributed by atoms with Gasteiger partial charge in [0.15, 0.2) is 0 Å². The third kappa shape index (κ3) is 3.04. The van der Waals surface area contributed by atoms with E-state index in [0.29, 0.717) is 12.1 Å². The second kappa shape index (κ2) is 6.91. The molecule has 1 aromatic carbocycles. The van der Waals surface area contributed by atoms with Crippen molar-refractivity contribution in [3.8, 4) is 16.9 Å². The molecule has 126 valence electrons. The maximum atomic E-state index is 5.63. The van der Waals surface area contributed by atoms with Crippen LogP contribution in [0.5, 0.6) is 5.75 Å². The van der Waals surface area contributed by atoms with Crippen LogP contribution in [0.4, 0.5) is 0 Å². The fourth-order valence-corrected chi connectivity index (χ4v) is 4.21. The number of hydrogen-bond acceptors (Lipinski definition) is 4. The summed E-state index contributed by atoms with van der Waals surface area (Å²) in [6, 6.07) is 11.8. The van der Waals surface area contributed by atoms with Crippen molar-refractivity contribution < 1.29 is 4.74 Å². The highest BCUT2D eigenvalue weighted by Crippen LogP contribution is 2.30. The Kier molecular flexibility index (Phi) is 4.50. The van der Waals surface area contributed by atoms with Crippen molar-refractivity contribution in [2.75, 3.05) is 26.7 Å². The predicted octanol–water partition coefficient (Wildman–Crippen LogP) is 2.74. The van der Waals surface area contributed by atoms with Gasteiger partial charge in [-0.3, -0.25) is 9.88 Å². The van der Waals surface area contributed by atoms with Crippen LogP contribution in [0, 0.1) is 0 Å². The third-order valence-corrected chi connectivity index (χ3v) is 5.40. The van der Waals surface area contributed by atoms with E-state index < -0.39 is 0 Å². The summed E-state index contributed by atoms with van der Waals surface area (Å²) in [6.45, 7) is 3.54. The summed E-state index contributed by atoms with van der Waals surface area (Å²) in [5, 5.41) is 3.74. The van der Waals surface area contributed by atoms with Crippen LogP contribution in [0.25, 0.3) is 11.1 Å². The van der Waals surface area contributed by atoms with Gasteiger partial charge in [-0.15, -0.1) is 0 Å². The zero-order chi connectivity index (χ0) is 16.4. The molecule has 4 rings (SSSR count). The van der Waals surface area contributed by atoms with Gasteiger partial charge in [-0.1, -0.05) is 12.1 Å². The first-order valence-electron chi connectivity index (χ1n) is 8.90. The molecule has 24 heavy (non-hydrogen) atoms. The molecule has 2 fully saturated rings. The molecule has 1 aromatic heterocycles. The van der Waals surface area contributed by atoms with Crippen molar-refractivity contribution in [2.45, 2.75) is 31.3 Å². The molecule has 2 unspecified atom stereocenters. The molecule has 2 aromatic rings. The SMILES string of the molecule is COc1ccc(-c2cccnc2)cc1CC1NCCN2CCCC12. The van der Waals surface area contributed by atoms with E-state index in [-0.39, 0.29) is 0 Å². The summed E-state index contributed by atoms with van der Waals surface area (Å²) >= 11 is 0. The van der Waals surface area contributed by atoms with Crippen molar-refractivity contribution in [2.24, 2.45) is 0 Å². The molecule has 0 amide bonds. The molecular formula is C20H25N3O. The Hall–Kier alpha value is -1.91. The van der Waals surface area contributed by atoms with E-state index in [1.54, 1.807) is 7.11 Å². The topological polar surface area (TPSA) is 37.4 Å². The van der Waals surface area contributed by atoms with Gasteiger partial charge in [0.05, 0.1) is 7.11 Å². The van der Waals surface area contributed by atoms with E-state index in [9.17, 15) is 0 Å². The van der Waals surface area contributed by atoms with E-state index >= 15 is 0 Å². The standard InChI is InChI=1S/C20H25N3O/c1-24-20-7-6-15(16-4-2-8-21-14-16)12-17(20)13-18-19-5-3-10-23(19)11-9-22-18/h2,4,6-8,12,14,18-19,22H,3,5,9-11,13H2,1H3. The van der Waals surface area contributed by atoms with E-state index in [0.717, 1.165) is 24.3 Å². The number of hydrogen-bond donors (Lipinski definition) is 1. The first-order valence-corrected chi connectivity index (χ1v) is 8.90. The summed E-state index contributed by atoms with van der Waals surface area (Å²) in [4.78, 5) is 6.89. The van der Waals surface area contributed by atoms with E-state index in [1.165, 1.54) is 37.1 Å². The lowest BCUT2D eigenvalue weighted by molar-refractivity contribution is 0.162. The Morgan fingerprint density at radius 3 is 3.04 bits per heavy atom. The Morgan fingerprint density at radius 1 is 1.25 bits per heavy atom. The molecule has 2 atom stereocenters. The first-order chi connectivity index (χ1) is 11.8. The summed E-state index contributed by atoms with van der Waals surface area (Å²) in [5.74, 6) is 0.986. The number of methoxy groups -OCH3 is 1. The van der Waals surface area contributed by atoms with E-state index in [4.69, 9.17) is 4.74 Å². The van der Waals surface area contributed by atoms with Crippen LogP contribution in [0.3, 0.4) is 0 Å². The number of piperazine rings is 1. The normalized spacial score (nSPS) is 23.9.